The van der Waals surface area contributed by atoms with E-state index in [1.807, 2.05) is 0 Å². The predicted octanol–water partition coefficient (Wildman–Crippen LogP) is 3.56. The average Bonchev–Trinajstić information content (AvgIpc) is 3.05. The van der Waals surface area contributed by atoms with Crippen LogP contribution in [0.5, 0.6) is 0 Å². The second-order valence-electron chi connectivity index (χ2n) is 7.19. The maximum absolute atomic E-state index is 13.6. The van der Waals surface area contributed by atoms with Gasteiger partial charge in [0.15, 0.2) is 6.61 Å². The van der Waals surface area contributed by atoms with Crippen molar-refractivity contribution in [2.24, 2.45) is 0 Å². The summed E-state index contributed by atoms with van der Waals surface area (Å²) in [5, 5.41) is 2.18. The molecule has 1 heterocycles. The third-order valence-corrected chi connectivity index (χ3v) is 4.95. The van der Waals surface area contributed by atoms with Crippen LogP contribution in [-0.4, -0.2) is 35.2 Å². The van der Waals surface area contributed by atoms with E-state index < -0.39 is 30.1 Å². The number of imide groups is 1. The number of carbonyl (C=O) groups excluding carboxylic acids is 4. The number of rotatable bonds is 6. The quantitative estimate of drug-likeness (QED) is 0.458. The number of hydrogen-bond donors (Lipinski definition) is 1. The van der Waals surface area contributed by atoms with Crippen molar-refractivity contribution in [1.29, 1.82) is 0 Å². The molecule has 3 aromatic carbocycles. The van der Waals surface area contributed by atoms with Gasteiger partial charge in [-0.25, -0.2) is 13.6 Å². The first-order valence-electron chi connectivity index (χ1n) is 9.79. The first-order valence-corrected chi connectivity index (χ1v) is 9.79. The molecule has 0 radical (unpaired) electrons. The maximum Gasteiger partial charge on any atom is 0.338 e. The average molecular weight is 450 g/mol. The Morgan fingerprint density at radius 3 is 2.12 bits per heavy atom. The molecule has 0 spiro atoms. The third kappa shape index (κ3) is 4.62. The first kappa shape index (κ1) is 21.8. The normalized spacial score (nSPS) is 12.5. The van der Waals surface area contributed by atoms with Crippen LogP contribution >= 0.6 is 0 Å². The zero-order chi connectivity index (χ0) is 23.5. The molecule has 4 rings (SSSR count). The Kier molecular flexibility index (Phi) is 5.95. The minimum atomic E-state index is -0.955. The fraction of sp³-hybridized carbons (Fsp3) is 0.0833. The SMILES string of the molecule is O=C(COC(=O)c1ccc(CN2C(=O)c3ccccc3C2=O)cc1)Nc1ccc(F)cc1F. The summed E-state index contributed by atoms with van der Waals surface area (Å²) >= 11 is 0. The molecule has 1 aliphatic rings. The lowest BCUT2D eigenvalue weighted by molar-refractivity contribution is -0.119. The number of amides is 3. The van der Waals surface area contributed by atoms with Crippen LogP contribution in [0.15, 0.2) is 66.7 Å². The van der Waals surface area contributed by atoms with Gasteiger partial charge in [0.2, 0.25) is 0 Å². The van der Waals surface area contributed by atoms with Gasteiger partial charge in [-0.3, -0.25) is 19.3 Å². The summed E-state index contributed by atoms with van der Waals surface area (Å²) in [7, 11) is 0. The largest absolute Gasteiger partial charge is 0.452 e. The van der Waals surface area contributed by atoms with E-state index in [2.05, 4.69) is 5.32 Å². The van der Waals surface area contributed by atoms with Crippen LogP contribution in [0, 0.1) is 11.6 Å². The minimum absolute atomic E-state index is 0.0350. The highest BCUT2D eigenvalue weighted by molar-refractivity contribution is 6.21. The van der Waals surface area contributed by atoms with Crippen LogP contribution in [0.4, 0.5) is 14.5 Å². The van der Waals surface area contributed by atoms with Gasteiger partial charge in [-0.15, -0.1) is 0 Å². The Morgan fingerprint density at radius 1 is 0.879 bits per heavy atom. The highest BCUT2D eigenvalue weighted by Gasteiger charge is 2.34. The van der Waals surface area contributed by atoms with Crippen LogP contribution in [0.25, 0.3) is 0 Å². The number of fused-ring (bicyclic) bond motifs is 1. The van der Waals surface area contributed by atoms with Crippen molar-refractivity contribution < 1.29 is 32.7 Å². The van der Waals surface area contributed by atoms with Crippen molar-refractivity contribution >= 4 is 29.4 Å². The number of nitrogens with one attached hydrogen (secondary N) is 1. The highest BCUT2D eigenvalue weighted by Crippen LogP contribution is 2.24. The summed E-state index contributed by atoms with van der Waals surface area (Å²) in [5.41, 5.74) is 1.21. The van der Waals surface area contributed by atoms with Gasteiger partial charge in [0, 0.05) is 6.07 Å². The number of ether oxygens (including phenoxy) is 1. The second-order valence-corrected chi connectivity index (χ2v) is 7.19. The number of benzene rings is 3. The van der Waals surface area contributed by atoms with Crippen LogP contribution in [0.3, 0.4) is 0 Å². The number of nitrogens with zero attached hydrogens (tertiary/aromatic N) is 1. The van der Waals surface area contributed by atoms with E-state index in [1.165, 1.54) is 12.1 Å². The monoisotopic (exact) mass is 450 g/mol. The Bertz CT molecular complexity index is 1240. The molecule has 0 unspecified atom stereocenters. The Labute approximate surface area is 186 Å². The molecule has 0 saturated carbocycles. The fourth-order valence-electron chi connectivity index (χ4n) is 3.30. The van der Waals surface area contributed by atoms with Gasteiger partial charge in [0.05, 0.1) is 28.9 Å². The van der Waals surface area contributed by atoms with Gasteiger partial charge >= 0.3 is 5.97 Å². The summed E-state index contributed by atoms with van der Waals surface area (Å²) in [6, 6.07) is 15.2. The van der Waals surface area contributed by atoms with Gasteiger partial charge in [-0.05, 0) is 42.0 Å². The van der Waals surface area contributed by atoms with Crippen LogP contribution in [0.2, 0.25) is 0 Å². The van der Waals surface area contributed by atoms with Gasteiger partial charge in [-0.2, -0.15) is 0 Å². The summed E-state index contributed by atoms with van der Waals surface area (Å²) in [5.74, 6) is -4.11. The van der Waals surface area contributed by atoms with Crippen LogP contribution in [0.1, 0.15) is 36.6 Å². The summed E-state index contributed by atoms with van der Waals surface area (Å²) in [6.07, 6.45) is 0. The molecule has 1 N–H and O–H groups in total. The van der Waals surface area contributed by atoms with Crippen LogP contribution in [-0.2, 0) is 16.1 Å². The minimum Gasteiger partial charge on any atom is -0.452 e. The topological polar surface area (TPSA) is 92.8 Å². The molecule has 9 heteroatoms. The summed E-state index contributed by atoms with van der Waals surface area (Å²) in [4.78, 5) is 50.1. The lowest BCUT2D eigenvalue weighted by atomic mass is 10.1. The van der Waals surface area contributed by atoms with Crippen molar-refractivity contribution in [3.05, 3.63) is 101 Å². The first-order chi connectivity index (χ1) is 15.8. The number of anilines is 1. The van der Waals surface area contributed by atoms with E-state index in [0.717, 1.165) is 17.0 Å². The summed E-state index contributed by atoms with van der Waals surface area (Å²) < 4.78 is 31.4. The van der Waals surface area contributed by atoms with Gasteiger partial charge < -0.3 is 10.1 Å². The van der Waals surface area contributed by atoms with Crippen molar-refractivity contribution in [1.82, 2.24) is 4.90 Å². The zero-order valence-corrected chi connectivity index (χ0v) is 17.0. The van der Waals surface area contributed by atoms with Crippen molar-refractivity contribution in [2.75, 3.05) is 11.9 Å². The van der Waals surface area contributed by atoms with Crippen molar-refractivity contribution in [2.45, 2.75) is 6.54 Å². The molecule has 166 valence electrons. The van der Waals surface area contributed by atoms with E-state index in [0.29, 0.717) is 22.8 Å². The highest BCUT2D eigenvalue weighted by atomic mass is 19.1. The third-order valence-electron chi connectivity index (χ3n) is 4.95. The van der Waals surface area contributed by atoms with Gasteiger partial charge in [-0.1, -0.05) is 24.3 Å². The molecule has 0 aromatic heterocycles. The van der Waals surface area contributed by atoms with Crippen molar-refractivity contribution in [3.8, 4) is 0 Å². The molecule has 1 aliphatic heterocycles. The molecular weight excluding hydrogens is 434 g/mol. The van der Waals surface area contributed by atoms with Gasteiger partial charge in [0.1, 0.15) is 11.6 Å². The number of carbonyl (C=O) groups is 4. The van der Waals surface area contributed by atoms with E-state index in [9.17, 15) is 28.0 Å². The summed E-state index contributed by atoms with van der Waals surface area (Å²) in [6.45, 7) is -0.639. The smallest absolute Gasteiger partial charge is 0.338 e. The molecule has 0 fully saturated rings. The lowest BCUT2D eigenvalue weighted by Gasteiger charge is -2.14. The zero-order valence-electron chi connectivity index (χ0n) is 17.0. The van der Waals surface area contributed by atoms with Crippen molar-refractivity contribution in [3.63, 3.8) is 0 Å². The Balaban J connectivity index is 1.33. The van der Waals surface area contributed by atoms with E-state index in [4.69, 9.17) is 4.74 Å². The van der Waals surface area contributed by atoms with Gasteiger partial charge in [0.25, 0.3) is 17.7 Å². The molecule has 33 heavy (non-hydrogen) atoms. The molecule has 3 aromatic rings. The number of hydrogen-bond acceptors (Lipinski definition) is 5. The lowest BCUT2D eigenvalue weighted by Crippen LogP contribution is -2.29. The molecule has 3 amide bonds. The maximum atomic E-state index is 13.6. The molecule has 7 nitrogen and oxygen atoms in total. The molecule has 0 bridgehead atoms. The molecule has 0 aliphatic carbocycles. The van der Waals surface area contributed by atoms with Crippen LogP contribution < -0.4 is 5.32 Å². The number of halogens is 2. The second kappa shape index (κ2) is 8.99. The number of esters is 1. The van der Waals surface area contributed by atoms with E-state index >= 15 is 0 Å². The predicted molar refractivity (Wildman–Crippen MR) is 112 cm³/mol. The molecule has 0 atom stereocenters. The molecule has 0 saturated heterocycles. The Hall–Kier alpha value is -4.40. The fourth-order valence-corrected chi connectivity index (χ4v) is 3.30. The Morgan fingerprint density at radius 2 is 1.52 bits per heavy atom. The van der Waals surface area contributed by atoms with E-state index in [-0.39, 0.29) is 29.6 Å². The van der Waals surface area contributed by atoms with E-state index in [1.54, 1.807) is 36.4 Å². The standard InChI is InChI=1S/C24H16F2N2O5/c25-16-9-10-20(19(26)11-16)27-21(29)13-33-24(32)15-7-5-14(6-8-15)12-28-22(30)17-3-1-2-4-18(17)23(28)31/h1-11H,12-13H2,(H,27,29). The molecular formula is C24H16F2N2O5.